The van der Waals surface area contributed by atoms with Gasteiger partial charge in [0.1, 0.15) is 5.76 Å². The van der Waals surface area contributed by atoms with Gasteiger partial charge >= 0.3 is 0 Å². The maximum Gasteiger partial charge on any atom is 0.154 e. The molecular formula is C14H18ClNO3S. The van der Waals surface area contributed by atoms with Crippen molar-refractivity contribution in [2.75, 3.05) is 13.3 Å². The summed E-state index contributed by atoms with van der Waals surface area (Å²) in [6, 6.07) is 6.83. The summed E-state index contributed by atoms with van der Waals surface area (Å²) in [7, 11) is -1.55. The monoisotopic (exact) mass is 315 g/mol. The molecule has 110 valence electrons. The van der Waals surface area contributed by atoms with Gasteiger partial charge in [0.2, 0.25) is 0 Å². The molecule has 1 heterocycles. The highest BCUT2D eigenvalue weighted by molar-refractivity contribution is 7.92. The molecule has 0 fully saturated rings. The molecule has 0 amide bonds. The number of benzene rings is 1. The first kappa shape index (κ1) is 15.4. The van der Waals surface area contributed by atoms with Crippen molar-refractivity contribution in [3.05, 3.63) is 35.0 Å². The quantitative estimate of drug-likeness (QED) is 0.941. The number of nitrogens with one attached hydrogen (secondary N) is 1. The molecule has 0 aliphatic heterocycles. The van der Waals surface area contributed by atoms with Crippen LogP contribution in [0.15, 0.2) is 28.7 Å². The maximum atomic E-state index is 12.0. The summed E-state index contributed by atoms with van der Waals surface area (Å²) in [6.45, 7) is 3.36. The Hall–Kier alpha value is -1.04. The average molecular weight is 316 g/mol. The van der Waals surface area contributed by atoms with E-state index in [1.54, 1.807) is 27.0 Å². The van der Waals surface area contributed by atoms with Crippen LogP contribution in [0.3, 0.4) is 0 Å². The third-order valence-electron chi connectivity index (χ3n) is 3.74. The first-order valence-corrected chi connectivity index (χ1v) is 8.50. The number of para-hydroxylation sites is 1. The van der Waals surface area contributed by atoms with Gasteiger partial charge in [-0.2, -0.15) is 0 Å². The first-order chi connectivity index (χ1) is 9.18. The van der Waals surface area contributed by atoms with Crippen molar-refractivity contribution in [2.45, 2.75) is 24.6 Å². The number of halogens is 1. The van der Waals surface area contributed by atoms with Crippen LogP contribution in [0.5, 0.6) is 0 Å². The van der Waals surface area contributed by atoms with Crippen LogP contribution in [0, 0.1) is 0 Å². The standard InChI is InChI=1S/C14H18ClNO3S/c1-14(2,20(4,17)18)13(16-3)11-8-9-6-5-7-10(15)12(9)19-11/h5-8,13,16H,1-4H3. The van der Waals surface area contributed by atoms with E-state index in [9.17, 15) is 8.42 Å². The smallest absolute Gasteiger partial charge is 0.154 e. The van der Waals surface area contributed by atoms with Crippen LogP contribution in [-0.4, -0.2) is 26.5 Å². The Balaban J connectivity index is 2.58. The van der Waals surface area contributed by atoms with Gasteiger partial charge in [-0.15, -0.1) is 0 Å². The molecule has 1 N–H and O–H groups in total. The van der Waals surface area contributed by atoms with Gasteiger partial charge in [0.05, 0.1) is 15.8 Å². The molecule has 0 aliphatic carbocycles. The van der Waals surface area contributed by atoms with E-state index in [-0.39, 0.29) is 0 Å². The van der Waals surface area contributed by atoms with Gasteiger partial charge in [-0.1, -0.05) is 23.7 Å². The summed E-state index contributed by atoms with van der Waals surface area (Å²) in [6.07, 6.45) is 1.23. The van der Waals surface area contributed by atoms with Crippen LogP contribution < -0.4 is 5.32 Å². The van der Waals surface area contributed by atoms with Crippen LogP contribution in [0.25, 0.3) is 11.0 Å². The molecule has 20 heavy (non-hydrogen) atoms. The van der Waals surface area contributed by atoms with Crippen LogP contribution in [0.2, 0.25) is 5.02 Å². The van der Waals surface area contributed by atoms with Crippen molar-refractivity contribution in [1.29, 1.82) is 0 Å². The lowest BCUT2D eigenvalue weighted by Gasteiger charge is -2.30. The Morgan fingerprint density at radius 2 is 2.00 bits per heavy atom. The lowest BCUT2D eigenvalue weighted by molar-refractivity contribution is 0.380. The summed E-state index contributed by atoms with van der Waals surface area (Å²) in [4.78, 5) is 0. The van der Waals surface area contributed by atoms with Gasteiger partial charge in [-0.25, -0.2) is 8.42 Å². The highest BCUT2D eigenvalue weighted by Gasteiger charge is 2.41. The fourth-order valence-corrected chi connectivity index (χ4v) is 3.12. The summed E-state index contributed by atoms with van der Waals surface area (Å²) in [5, 5.41) is 4.40. The SMILES string of the molecule is CNC(c1cc2cccc(Cl)c2o1)C(C)(C)S(C)(=O)=O. The summed E-state index contributed by atoms with van der Waals surface area (Å²) in [5.41, 5.74) is 0.578. The zero-order valence-corrected chi connectivity index (χ0v) is 13.5. The molecule has 6 heteroatoms. The van der Waals surface area contributed by atoms with E-state index in [2.05, 4.69) is 5.32 Å². The summed E-state index contributed by atoms with van der Waals surface area (Å²) >= 11 is 6.09. The van der Waals surface area contributed by atoms with Crippen molar-refractivity contribution in [3.8, 4) is 0 Å². The van der Waals surface area contributed by atoms with E-state index in [1.165, 1.54) is 6.26 Å². The highest BCUT2D eigenvalue weighted by Crippen LogP contribution is 2.36. The van der Waals surface area contributed by atoms with Gasteiger partial charge in [0.15, 0.2) is 15.4 Å². The van der Waals surface area contributed by atoms with Crippen molar-refractivity contribution in [1.82, 2.24) is 5.32 Å². The molecule has 4 nitrogen and oxygen atoms in total. The second kappa shape index (κ2) is 5.06. The lowest BCUT2D eigenvalue weighted by atomic mass is 10.0. The Morgan fingerprint density at radius 1 is 1.35 bits per heavy atom. The minimum absolute atomic E-state index is 0.457. The molecule has 1 unspecified atom stereocenters. The molecular weight excluding hydrogens is 298 g/mol. The van der Waals surface area contributed by atoms with E-state index in [0.717, 1.165) is 5.39 Å². The van der Waals surface area contributed by atoms with Gasteiger partial charge < -0.3 is 9.73 Å². The first-order valence-electron chi connectivity index (χ1n) is 6.23. The molecule has 1 atom stereocenters. The molecule has 0 spiro atoms. The number of sulfone groups is 1. The van der Waals surface area contributed by atoms with E-state index in [4.69, 9.17) is 16.0 Å². The van der Waals surface area contributed by atoms with Crippen molar-refractivity contribution in [3.63, 3.8) is 0 Å². The van der Waals surface area contributed by atoms with Gasteiger partial charge in [0.25, 0.3) is 0 Å². The number of furan rings is 1. The van der Waals surface area contributed by atoms with Crippen LogP contribution in [-0.2, 0) is 9.84 Å². The van der Waals surface area contributed by atoms with Gasteiger partial charge in [-0.05, 0) is 33.0 Å². The Kier molecular flexibility index (Phi) is 3.88. The predicted molar refractivity (Wildman–Crippen MR) is 81.9 cm³/mol. The maximum absolute atomic E-state index is 12.0. The van der Waals surface area contributed by atoms with Crippen LogP contribution in [0.1, 0.15) is 25.6 Å². The Labute approximate surface area is 124 Å². The zero-order valence-electron chi connectivity index (χ0n) is 11.9. The second-order valence-corrected chi connectivity index (χ2v) is 8.41. The van der Waals surface area contributed by atoms with Crippen molar-refractivity contribution < 1.29 is 12.8 Å². The minimum Gasteiger partial charge on any atom is -0.458 e. The van der Waals surface area contributed by atoms with Crippen LogP contribution in [0.4, 0.5) is 0 Å². The minimum atomic E-state index is -3.26. The highest BCUT2D eigenvalue weighted by atomic mass is 35.5. The fraction of sp³-hybridized carbons (Fsp3) is 0.429. The van der Waals surface area contributed by atoms with Crippen LogP contribution >= 0.6 is 11.6 Å². The Bertz CT molecular complexity index is 734. The molecule has 1 aromatic heterocycles. The van der Waals surface area contributed by atoms with E-state index >= 15 is 0 Å². The normalized spacial score (nSPS) is 14.7. The summed E-state index contributed by atoms with van der Waals surface area (Å²) in [5.74, 6) is 0.561. The lowest BCUT2D eigenvalue weighted by Crippen LogP contribution is -2.43. The molecule has 0 radical (unpaired) electrons. The largest absolute Gasteiger partial charge is 0.458 e. The molecule has 1 aromatic carbocycles. The molecule has 2 rings (SSSR count). The molecule has 0 bridgehead atoms. The van der Waals surface area contributed by atoms with E-state index < -0.39 is 20.6 Å². The molecule has 0 saturated heterocycles. The van der Waals surface area contributed by atoms with E-state index in [1.807, 2.05) is 18.2 Å². The topological polar surface area (TPSA) is 59.3 Å². The van der Waals surface area contributed by atoms with Gasteiger partial charge in [0, 0.05) is 11.6 Å². The average Bonchev–Trinajstić information content (AvgIpc) is 2.73. The summed E-state index contributed by atoms with van der Waals surface area (Å²) < 4.78 is 28.8. The predicted octanol–water partition coefficient (Wildman–Crippen LogP) is 3.17. The van der Waals surface area contributed by atoms with Crippen molar-refractivity contribution >= 4 is 32.4 Å². The number of rotatable bonds is 4. The zero-order chi connectivity index (χ0) is 15.1. The third-order valence-corrected chi connectivity index (χ3v) is 6.18. The van der Waals surface area contributed by atoms with Gasteiger partial charge in [-0.3, -0.25) is 0 Å². The van der Waals surface area contributed by atoms with E-state index in [0.29, 0.717) is 16.4 Å². The van der Waals surface area contributed by atoms with Crippen molar-refractivity contribution in [2.24, 2.45) is 0 Å². The fourth-order valence-electron chi connectivity index (χ4n) is 2.24. The molecule has 0 aliphatic rings. The third kappa shape index (κ3) is 2.45. The number of hydrogen-bond acceptors (Lipinski definition) is 4. The number of hydrogen-bond donors (Lipinski definition) is 1. The number of fused-ring (bicyclic) bond motifs is 1. The Morgan fingerprint density at radius 3 is 2.50 bits per heavy atom. The second-order valence-electron chi connectivity index (χ2n) is 5.40. The molecule has 0 saturated carbocycles. The molecule has 2 aromatic rings.